The van der Waals surface area contributed by atoms with Crippen molar-refractivity contribution < 1.29 is 13.2 Å². The molecule has 0 aliphatic carbocycles. The first-order valence-electron chi connectivity index (χ1n) is 8.92. The Hall–Kier alpha value is -1.70. The summed E-state index contributed by atoms with van der Waals surface area (Å²) in [6.07, 6.45) is 3.75. The van der Waals surface area contributed by atoms with Crippen LogP contribution in [0.15, 0.2) is 35.2 Å². The molecule has 0 radical (unpaired) electrons. The zero-order valence-electron chi connectivity index (χ0n) is 15.1. The Bertz CT molecular complexity index is 897. The number of carbonyl (C=O) groups is 1. The van der Waals surface area contributed by atoms with Gasteiger partial charge in [-0.15, -0.1) is 11.3 Å². The highest BCUT2D eigenvalue weighted by atomic mass is 32.2. The lowest BCUT2D eigenvalue weighted by atomic mass is 10.2. The van der Waals surface area contributed by atoms with Gasteiger partial charge in [0.25, 0.3) is 5.91 Å². The minimum Gasteiger partial charge on any atom is -0.321 e. The predicted octanol–water partition coefficient (Wildman–Crippen LogP) is 4.05. The Balaban J connectivity index is 1.79. The van der Waals surface area contributed by atoms with Gasteiger partial charge in [0.1, 0.15) is 0 Å². The second-order valence-corrected chi connectivity index (χ2v) is 9.69. The molecular formula is C19H24N2O3S2. The van der Waals surface area contributed by atoms with Gasteiger partial charge in [-0.05, 0) is 56.0 Å². The number of nitrogens with one attached hydrogen (secondary N) is 1. The van der Waals surface area contributed by atoms with E-state index in [1.807, 2.05) is 13.0 Å². The van der Waals surface area contributed by atoms with Gasteiger partial charge in [0.05, 0.1) is 9.77 Å². The average molecular weight is 393 g/mol. The molecule has 2 aromatic rings. The second-order valence-electron chi connectivity index (χ2n) is 6.49. The third kappa shape index (κ3) is 4.00. The Morgan fingerprint density at radius 3 is 2.58 bits per heavy atom. The molecule has 1 aromatic heterocycles. The van der Waals surface area contributed by atoms with Crippen LogP contribution in [0.2, 0.25) is 0 Å². The number of benzene rings is 1. The van der Waals surface area contributed by atoms with E-state index in [4.69, 9.17) is 0 Å². The van der Waals surface area contributed by atoms with Crippen molar-refractivity contribution in [1.29, 1.82) is 0 Å². The number of piperidine rings is 1. The van der Waals surface area contributed by atoms with E-state index in [0.717, 1.165) is 30.6 Å². The van der Waals surface area contributed by atoms with Crippen molar-refractivity contribution in [2.75, 3.05) is 18.4 Å². The quantitative estimate of drug-likeness (QED) is 0.835. The lowest BCUT2D eigenvalue weighted by Crippen LogP contribution is -2.35. The van der Waals surface area contributed by atoms with Gasteiger partial charge in [0, 0.05) is 23.7 Å². The Morgan fingerprint density at radius 2 is 1.92 bits per heavy atom. The second kappa shape index (κ2) is 7.90. The number of carbonyl (C=O) groups excluding carboxylic acids is 1. The van der Waals surface area contributed by atoms with E-state index in [0.29, 0.717) is 23.7 Å². The first-order valence-corrected chi connectivity index (χ1v) is 11.2. The smallest absolute Gasteiger partial charge is 0.265 e. The Morgan fingerprint density at radius 1 is 1.19 bits per heavy atom. The number of hydrogen-bond acceptors (Lipinski definition) is 4. The fourth-order valence-electron chi connectivity index (χ4n) is 3.16. The summed E-state index contributed by atoms with van der Waals surface area (Å²) in [5.41, 5.74) is 1.67. The number of rotatable bonds is 5. The maximum absolute atomic E-state index is 12.8. The van der Waals surface area contributed by atoms with Crippen LogP contribution in [0, 0.1) is 6.92 Å². The van der Waals surface area contributed by atoms with Gasteiger partial charge in [-0.25, -0.2) is 8.42 Å². The molecule has 1 saturated heterocycles. The van der Waals surface area contributed by atoms with E-state index in [9.17, 15) is 13.2 Å². The topological polar surface area (TPSA) is 66.5 Å². The third-order valence-corrected chi connectivity index (χ3v) is 7.66. The van der Waals surface area contributed by atoms with Crippen LogP contribution in [-0.2, 0) is 16.4 Å². The van der Waals surface area contributed by atoms with Crippen LogP contribution in [0.4, 0.5) is 5.69 Å². The molecule has 0 saturated carbocycles. The molecule has 3 rings (SSSR count). The monoisotopic (exact) mass is 392 g/mol. The minimum absolute atomic E-state index is 0.203. The molecule has 1 aliphatic heterocycles. The Kier molecular flexibility index (Phi) is 5.79. The minimum atomic E-state index is -3.51. The van der Waals surface area contributed by atoms with Crippen molar-refractivity contribution in [1.82, 2.24) is 4.31 Å². The summed E-state index contributed by atoms with van der Waals surface area (Å²) in [6, 6.07) is 8.43. The van der Waals surface area contributed by atoms with E-state index in [1.165, 1.54) is 21.2 Å². The number of nitrogens with zero attached hydrogens (tertiary/aromatic N) is 1. The summed E-state index contributed by atoms with van der Waals surface area (Å²) in [7, 11) is -3.51. The van der Waals surface area contributed by atoms with E-state index in [-0.39, 0.29) is 10.8 Å². The molecule has 0 atom stereocenters. The van der Waals surface area contributed by atoms with Crippen LogP contribution in [0.3, 0.4) is 0 Å². The third-order valence-electron chi connectivity index (χ3n) is 4.67. The summed E-state index contributed by atoms with van der Waals surface area (Å²) in [5, 5.41) is 2.83. The number of sulfonamides is 1. The number of amides is 1. The number of hydrogen-bond donors (Lipinski definition) is 1. The maximum atomic E-state index is 12.8. The van der Waals surface area contributed by atoms with Gasteiger partial charge < -0.3 is 5.32 Å². The molecule has 2 heterocycles. The average Bonchev–Trinajstić information content (AvgIpc) is 3.03. The molecule has 140 valence electrons. The molecule has 1 amide bonds. The molecule has 7 heteroatoms. The van der Waals surface area contributed by atoms with Gasteiger partial charge in [-0.2, -0.15) is 4.31 Å². The van der Waals surface area contributed by atoms with Gasteiger partial charge in [0.2, 0.25) is 10.0 Å². The standard InChI is InChI=1S/C19H24N2O3S2/c1-3-15-12-18(25-14(15)2)19(22)20-16-8-7-9-17(13-16)26(23,24)21-10-5-4-6-11-21/h7-9,12-13H,3-6,10-11H2,1-2H3,(H,20,22). The maximum Gasteiger partial charge on any atom is 0.265 e. The van der Waals surface area contributed by atoms with Crippen LogP contribution in [0.1, 0.15) is 46.3 Å². The van der Waals surface area contributed by atoms with E-state index in [1.54, 1.807) is 24.3 Å². The van der Waals surface area contributed by atoms with E-state index in [2.05, 4.69) is 12.2 Å². The van der Waals surface area contributed by atoms with E-state index >= 15 is 0 Å². The van der Waals surface area contributed by atoms with Crippen molar-refractivity contribution in [3.8, 4) is 0 Å². The molecule has 26 heavy (non-hydrogen) atoms. The molecule has 0 unspecified atom stereocenters. The first-order chi connectivity index (χ1) is 12.4. The highest BCUT2D eigenvalue weighted by Crippen LogP contribution is 2.25. The van der Waals surface area contributed by atoms with Crippen molar-refractivity contribution in [3.05, 3.63) is 45.6 Å². The summed E-state index contributed by atoms with van der Waals surface area (Å²) in [4.78, 5) is 14.5. The fourth-order valence-corrected chi connectivity index (χ4v) is 5.74. The summed E-state index contributed by atoms with van der Waals surface area (Å²) >= 11 is 1.46. The summed E-state index contributed by atoms with van der Waals surface area (Å²) < 4.78 is 27.1. The van der Waals surface area contributed by atoms with Gasteiger partial charge in [-0.3, -0.25) is 4.79 Å². The number of anilines is 1. The molecule has 5 nitrogen and oxygen atoms in total. The van der Waals surface area contributed by atoms with Crippen LogP contribution >= 0.6 is 11.3 Å². The van der Waals surface area contributed by atoms with Gasteiger partial charge in [-0.1, -0.05) is 19.4 Å². The van der Waals surface area contributed by atoms with Crippen LogP contribution in [0.5, 0.6) is 0 Å². The largest absolute Gasteiger partial charge is 0.321 e. The number of aryl methyl sites for hydroxylation is 2. The molecule has 1 N–H and O–H groups in total. The lowest BCUT2D eigenvalue weighted by molar-refractivity contribution is 0.103. The van der Waals surface area contributed by atoms with Crippen LogP contribution in [0.25, 0.3) is 0 Å². The number of thiophene rings is 1. The van der Waals surface area contributed by atoms with Crippen LogP contribution in [-0.4, -0.2) is 31.7 Å². The normalized spacial score (nSPS) is 15.8. The summed E-state index contributed by atoms with van der Waals surface area (Å²) in [5.74, 6) is -0.203. The summed E-state index contributed by atoms with van der Waals surface area (Å²) in [6.45, 7) is 5.19. The first kappa shape index (κ1) is 19.1. The molecule has 1 fully saturated rings. The Labute approximate surface area is 159 Å². The molecule has 1 aliphatic rings. The predicted molar refractivity (Wildman–Crippen MR) is 105 cm³/mol. The van der Waals surface area contributed by atoms with Gasteiger partial charge in [0.15, 0.2) is 0 Å². The highest BCUT2D eigenvalue weighted by Gasteiger charge is 2.26. The van der Waals surface area contributed by atoms with Crippen LogP contribution < -0.4 is 5.32 Å². The molecule has 0 spiro atoms. The van der Waals surface area contributed by atoms with Crippen molar-refractivity contribution >= 4 is 33.0 Å². The van der Waals surface area contributed by atoms with E-state index < -0.39 is 10.0 Å². The van der Waals surface area contributed by atoms with Crippen molar-refractivity contribution in [3.63, 3.8) is 0 Å². The highest BCUT2D eigenvalue weighted by molar-refractivity contribution is 7.89. The zero-order valence-corrected chi connectivity index (χ0v) is 16.8. The molecule has 0 bridgehead atoms. The zero-order chi connectivity index (χ0) is 18.7. The molecular weight excluding hydrogens is 368 g/mol. The fraction of sp³-hybridized carbons (Fsp3) is 0.421. The SMILES string of the molecule is CCc1cc(C(=O)Nc2cccc(S(=O)(=O)N3CCCCC3)c2)sc1C. The lowest BCUT2D eigenvalue weighted by Gasteiger charge is -2.26. The molecule has 1 aromatic carbocycles. The van der Waals surface area contributed by atoms with Crippen molar-refractivity contribution in [2.45, 2.75) is 44.4 Å². The van der Waals surface area contributed by atoms with Crippen molar-refractivity contribution in [2.24, 2.45) is 0 Å². The van der Waals surface area contributed by atoms with Gasteiger partial charge >= 0.3 is 0 Å².